The summed E-state index contributed by atoms with van der Waals surface area (Å²) >= 11 is 0. The molecule has 4 rings (SSSR count). The van der Waals surface area contributed by atoms with Gasteiger partial charge < -0.3 is 10.2 Å². The molecular formula is C23H24FN5O. The lowest BCUT2D eigenvalue weighted by Gasteiger charge is -2.35. The molecule has 1 aliphatic heterocycles. The Labute approximate surface area is 175 Å². The first-order valence-corrected chi connectivity index (χ1v) is 10.1. The van der Waals surface area contributed by atoms with Crippen LogP contribution in [0.4, 0.5) is 15.9 Å². The Balaban J connectivity index is 1.72. The summed E-state index contributed by atoms with van der Waals surface area (Å²) in [4.78, 5) is 27.6. The number of anilines is 2. The second-order valence-electron chi connectivity index (χ2n) is 7.84. The number of carbonyl (C=O) groups excluding carboxylic acids is 1. The molecule has 2 atom stereocenters. The molecule has 1 fully saturated rings. The fourth-order valence-electron chi connectivity index (χ4n) is 3.88. The first kappa shape index (κ1) is 19.9. The van der Waals surface area contributed by atoms with Crippen LogP contribution in [0.15, 0.2) is 54.9 Å². The number of hydrogen-bond acceptors (Lipinski definition) is 5. The van der Waals surface area contributed by atoms with Gasteiger partial charge in [0.25, 0.3) is 0 Å². The minimum absolute atomic E-state index is 0.0299. The molecule has 154 valence electrons. The average molecular weight is 405 g/mol. The van der Waals surface area contributed by atoms with Crippen molar-refractivity contribution in [3.63, 3.8) is 0 Å². The van der Waals surface area contributed by atoms with Crippen LogP contribution in [-0.4, -0.2) is 38.8 Å². The SMILES string of the molecule is CC(=O)N1CC(C)CC(c2nc(Nc3cccc(F)c3)cc(-c3cccnc3)n2)C1. The van der Waals surface area contributed by atoms with E-state index in [1.54, 1.807) is 31.5 Å². The molecule has 2 aromatic heterocycles. The lowest BCUT2D eigenvalue weighted by molar-refractivity contribution is -0.130. The van der Waals surface area contributed by atoms with Crippen molar-refractivity contribution in [1.29, 1.82) is 0 Å². The highest BCUT2D eigenvalue weighted by atomic mass is 19.1. The number of aromatic nitrogens is 3. The number of likely N-dealkylation sites (tertiary alicyclic amines) is 1. The van der Waals surface area contributed by atoms with Crippen molar-refractivity contribution < 1.29 is 9.18 Å². The molecule has 0 bridgehead atoms. The molecular weight excluding hydrogens is 381 g/mol. The molecule has 6 nitrogen and oxygen atoms in total. The van der Waals surface area contributed by atoms with Crippen molar-refractivity contribution >= 4 is 17.4 Å². The van der Waals surface area contributed by atoms with E-state index in [2.05, 4.69) is 17.2 Å². The maximum atomic E-state index is 13.6. The average Bonchev–Trinajstić information content (AvgIpc) is 2.74. The summed E-state index contributed by atoms with van der Waals surface area (Å²) in [6.45, 7) is 5.08. The highest BCUT2D eigenvalue weighted by molar-refractivity contribution is 5.73. The number of nitrogens with one attached hydrogen (secondary N) is 1. The largest absolute Gasteiger partial charge is 0.342 e. The van der Waals surface area contributed by atoms with Gasteiger partial charge in [-0.15, -0.1) is 0 Å². The van der Waals surface area contributed by atoms with E-state index in [1.807, 2.05) is 23.1 Å². The van der Waals surface area contributed by atoms with Gasteiger partial charge in [0.15, 0.2) is 0 Å². The molecule has 3 aromatic rings. The van der Waals surface area contributed by atoms with Gasteiger partial charge in [0.05, 0.1) is 5.69 Å². The van der Waals surface area contributed by atoms with Crippen LogP contribution in [0.25, 0.3) is 11.3 Å². The van der Waals surface area contributed by atoms with E-state index < -0.39 is 0 Å². The maximum absolute atomic E-state index is 13.6. The van der Waals surface area contributed by atoms with Gasteiger partial charge in [-0.2, -0.15) is 0 Å². The molecule has 3 heterocycles. The van der Waals surface area contributed by atoms with Crippen molar-refractivity contribution in [3.05, 3.63) is 66.5 Å². The second-order valence-corrected chi connectivity index (χ2v) is 7.84. The number of nitrogens with zero attached hydrogens (tertiary/aromatic N) is 4. The van der Waals surface area contributed by atoms with E-state index >= 15 is 0 Å². The third-order valence-corrected chi connectivity index (χ3v) is 5.27. The van der Waals surface area contributed by atoms with Crippen LogP contribution in [0.3, 0.4) is 0 Å². The summed E-state index contributed by atoms with van der Waals surface area (Å²) in [5.74, 6) is 1.39. The standard InChI is InChI=1S/C23H24FN5O/c1-15-9-18(14-29(13-15)16(2)30)23-27-21(17-5-4-8-25-12-17)11-22(28-23)26-20-7-3-6-19(24)10-20/h3-8,10-12,15,18H,9,13-14H2,1-2H3,(H,26,27,28). The smallest absolute Gasteiger partial charge is 0.219 e. The van der Waals surface area contributed by atoms with Gasteiger partial charge in [-0.05, 0) is 42.7 Å². The van der Waals surface area contributed by atoms with Gasteiger partial charge in [0.2, 0.25) is 5.91 Å². The molecule has 0 aliphatic carbocycles. The van der Waals surface area contributed by atoms with Crippen LogP contribution < -0.4 is 5.32 Å². The molecule has 0 radical (unpaired) electrons. The summed E-state index contributed by atoms with van der Waals surface area (Å²) < 4.78 is 13.6. The lowest BCUT2D eigenvalue weighted by Crippen LogP contribution is -2.41. The molecule has 7 heteroatoms. The molecule has 0 saturated carbocycles. The Morgan fingerprint density at radius 3 is 2.77 bits per heavy atom. The van der Waals surface area contributed by atoms with Crippen molar-refractivity contribution in [1.82, 2.24) is 19.9 Å². The number of rotatable bonds is 4. The number of amides is 1. The zero-order valence-corrected chi connectivity index (χ0v) is 17.0. The number of piperidine rings is 1. The van der Waals surface area contributed by atoms with Gasteiger partial charge in [-0.1, -0.05) is 13.0 Å². The molecule has 2 unspecified atom stereocenters. The fraction of sp³-hybridized carbons (Fsp3) is 0.304. The van der Waals surface area contributed by atoms with E-state index in [9.17, 15) is 9.18 Å². The Bertz CT molecular complexity index is 1040. The zero-order valence-electron chi connectivity index (χ0n) is 17.0. The van der Waals surface area contributed by atoms with Gasteiger partial charge in [-0.25, -0.2) is 14.4 Å². The molecule has 1 aliphatic rings. The predicted molar refractivity (Wildman–Crippen MR) is 114 cm³/mol. The number of pyridine rings is 1. The van der Waals surface area contributed by atoms with Gasteiger partial charge in [0.1, 0.15) is 17.5 Å². The van der Waals surface area contributed by atoms with Crippen LogP contribution >= 0.6 is 0 Å². The highest BCUT2D eigenvalue weighted by Gasteiger charge is 2.29. The van der Waals surface area contributed by atoms with E-state index in [0.717, 1.165) is 24.2 Å². The quantitative estimate of drug-likeness (QED) is 0.697. The minimum atomic E-state index is -0.319. The number of benzene rings is 1. The number of carbonyl (C=O) groups is 1. The van der Waals surface area contributed by atoms with E-state index in [4.69, 9.17) is 9.97 Å². The van der Waals surface area contributed by atoms with Gasteiger partial charge in [-0.3, -0.25) is 9.78 Å². The van der Waals surface area contributed by atoms with Gasteiger partial charge >= 0.3 is 0 Å². The summed E-state index contributed by atoms with van der Waals surface area (Å²) in [7, 11) is 0. The third kappa shape index (κ3) is 4.62. The van der Waals surface area contributed by atoms with Crippen LogP contribution in [0.2, 0.25) is 0 Å². The number of halogens is 1. The van der Waals surface area contributed by atoms with Crippen LogP contribution in [-0.2, 0) is 4.79 Å². The van der Waals surface area contributed by atoms with Crippen molar-refractivity contribution in [2.75, 3.05) is 18.4 Å². The predicted octanol–water partition coefficient (Wildman–Crippen LogP) is 4.39. The van der Waals surface area contributed by atoms with Crippen molar-refractivity contribution in [2.45, 2.75) is 26.2 Å². The van der Waals surface area contributed by atoms with Crippen molar-refractivity contribution in [2.24, 2.45) is 5.92 Å². The molecule has 0 spiro atoms. The Hall–Kier alpha value is -3.35. The first-order valence-electron chi connectivity index (χ1n) is 10.1. The lowest BCUT2D eigenvalue weighted by atomic mass is 9.89. The molecule has 30 heavy (non-hydrogen) atoms. The normalized spacial score (nSPS) is 18.8. The number of hydrogen-bond donors (Lipinski definition) is 1. The van der Waals surface area contributed by atoms with Gasteiger partial charge in [0, 0.05) is 55.6 Å². The fourth-order valence-corrected chi connectivity index (χ4v) is 3.88. The second kappa shape index (κ2) is 8.57. The Morgan fingerprint density at radius 1 is 1.17 bits per heavy atom. The minimum Gasteiger partial charge on any atom is -0.342 e. The van der Waals surface area contributed by atoms with E-state index in [-0.39, 0.29) is 17.6 Å². The summed E-state index contributed by atoms with van der Waals surface area (Å²) in [6, 6.07) is 11.9. The molecule has 1 amide bonds. The van der Waals surface area contributed by atoms with Crippen LogP contribution in [0, 0.1) is 11.7 Å². The summed E-state index contributed by atoms with van der Waals surface area (Å²) in [6.07, 6.45) is 4.37. The Kier molecular flexibility index (Phi) is 5.70. The Morgan fingerprint density at radius 2 is 2.03 bits per heavy atom. The topological polar surface area (TPSA) is 71.0 Å². The summed E-state index contributed by atoms with van der Waals surface area (Å²) in [5.41, 5.74) is 2.22. The third-order valence-electron chi connectivity index (χ3n) is 5.27. The highest BCUT2D eigenvalue weighted by Crippen LogP contribution is 2.31. The summed E-state index contributed by atoms with van der Waals surface area (Å²) in [5, 5.41) is 3.19. The monoisotopic (exact) mass is 405 g/mol. The molecule has 1 aromatic carbocycles. The van der Waals surface area contributed by atoms with E-state index in [0.29, 0.717) is 29.8 Å². The van der Waals surface area contributed by atoms with Crippen LogP contribution in [0.1, 0.15) is 32.0 Å². The molecule has 1 saturated heterocycles. The first-order chi connectivity index (χ1) is 14.5. The molecule has 1 N–H and O–H groups in total. The van der Waals surface area contributed by atoms with Crippen LogP contribution in [0.5, 0.6) is 0 Å². The van der Waals surface area contributed by atoms with Crippen molar-refractivity contribution in [3.8, 4) is 11.3 Å². The zero-order chi connectivity index (χ0) is 21.1. The maximum Gasteiger partial charge on any atom is 0.219 e. The van der Waals surface area contributed by atoms with E-state index in [1.165, 1.54) is 12.1 Å².